The Morgan fingerprint density at radius 2 is 1.91 bits per heavy atom. The molecule has 2 atom stereocenters. The van der Waals surface area contributed by atoms with E-state index in [1.165, 1.54) is 12.8 Å². The SMILES string of the molecule is Cc1cccc(C)c1-c1cncc(C(CC(=O)O)NC[C@H](CC2CC2)n2ccccc2=O)c1. The topological polar surface area (TPSA) is 84.2 Å². The molecule has 4 rings (SSSR count). The number of nitrogens with one attached hydrogen (secondary N) is 1. The number of hydrogen-bond donors (Lipinski definition) is 2. The van der Waals surface area contributed by atoms with Crippen molar-refractivity contribution in [3.05, 3.63) is 88.1 Å². The number of rotatable bonds is 10. The van der Waals surface area contributed by atoms with Crippen LogP contribution in [-0.4, -0.2) is 27.2 Å². The quantitative estimate of drug-likeness (QED) is 0.474. The van der Waals surface area contributed by atoms with Crippen LogP contribution in [0.5, 0.6) is 0 Å². The molecule has 2 N–H and O–H groups in total. The summed E-state index contributed by atoms with van der Waals surface area (Å²) in [6, 6.07) is 13.0. The van der Waals surface area contributed by atoms with Gasteiger partial charge in [0.05, 0.1) is 6.42 Å². The summed E-state index contributed by atoms with van der Waals surface area (Å²) >= 11 is 0. The van der Waals surface area contributed by atoms with E-state index < -0.39 is 12.0 Å². The van der Waals surface area contributed by atoms with E-state index in [1.54, 1.807) is 22.9 Å². The van der Waals surface area contributed by atoms with Crippen molar-refractivity contribution in [1.29, 1.82) is 0 Å². The van der Waals surface area contributed by atoms with Gasteiger partial charge >= 0.3 is 5.97 Å². The zero-order valence-corrected chi connectivity index (χ0v) is 19.2. The Labute approximate surface area is 194 Å². The van der Waals surface area contributed by atoms with E-state index in [0.29, 0.717) is 12.5 Å². The molecule has 2 heterocycles. The normalized spacial score (nSPS) is 15.2. The monoisotopic (exact) mass is 445 g/mol. The van der Waals surface area contributed by atoms with Gasteiger partial charge in [-0.2, -0.15) is 0 Å². The largest absolute Gasteiger partial charge is 0.481 e. The fourth-order valence-electron chi connectivity index (χ4n) is 4.59. The lowest BCUT2D eigenvalue weighted by molar-refractivity contribution is -0.137. The van der Waals surface area contributed by atoms with Crippen LogP contribution in [0.4, 0.5) is 0 Å². The Morgan fingerprint density at radius 1 is 1.15 bits per heavy atom. The molecule has 1 aromatic carbocycles. The lowest BCUT2D eigenvalue weighted by atomic mass is 9.94. The molecule has 0 amide bonds. The minimum Gasteiger partial charge on any atom is -0.481 e. The first-order chi connectivity index (χ1) is 15.9. The molecule has 0 aliphatic heterocycles. The molecule has 0 radical (unpaired) electrons. The van der Waals surface area contributed by atoms with E-state index in [9.17, 15) is 14.7 Å². The Kier molecular flexibility index (Phi) is 7.04. The summed E-state index contributed by atoms with van der Waals surface area (Å²) in [6.45, 7) is 4.66. The van der Waals surface area contributed by atoms with Crippen molar-refractivity contribution in [2.75, 3.05) is 6.54 Å². The van der Waals surface area contributed by atoms with E-state index in [4.69, 9.17) is 0 Å². The number of aromatic nitrogens is 2. The predicted octanol–water partition coefficient (Wildman–Crippen LogP) is 4.67. The second-order valence-corrected chi connectivity index (χ2v) is 9.11. The fourth-order valence-corrected chi connectivity index (χ4v) is 4.59. The molecular weight excluding hydrogens is 414 g/mol. The second-order valence-electron chi connectivity index (χ2n) is 9.11. The van der Waals surface area contributed by atoms with Gasteiger partial charge in [-0.25, -0.2) is 0 Å². The lowest BCUT2D eigenvalue weighted by Crippen LogP contribution is -2.34. The van der Waals surface area contributed by atoms with Gasteiger partial charge in [0.1, 0.15) is 0 Å². The molecule has 1 fully saturated rings. The first-order valence-corrected chi connectivity index (χ1v) is 11.6. The fraction of sp³-hybridized carbons (Fsp3) is 0.370. The predicted molar refractivity (Wildman–Crippen MR) is 129 cm³/mol. The highest BCUT2D eigenvalue weighted by Gasteiger charge is 2.27. The van der Waals surface area contributed by atoms with Crippen LogP contribution < -0.4 is 10.9 Å². The molecule has 33 heavy (non-hydrogen) atoms. The molecule has 1 saturated carbocycles. The van der Waals surface area contributed by atoms with Crippen LogP contribution in [-0.2, 0) is 4.79 Å². The zero-order chi connectivity index (χ0) is 23.4. The number of nitrogens with zero attached hydrogens (tertiary/aromatic N) is 2. The van der Waals surface area contributed by atoms with Gasteiger partial charge < -0.3 is 15.0 Å². The number of hydrogen-bond acceptors (Lipinski definition) is 4. The Bertz CT molecular complexity index is 1160. The standard InChI is InChI=1S/C27H31N3O3/c1-18-6-5-7-19(2)27(18)22-13-21(15-28-16-22)24(14-26(32)33)29-17-23(12-20-9-10-20)30-11-4-3-8-25(30)31/h3-8,11,13,15-16,20,23-24,29H,9-10,12,14,17H2,1-2H3,(H,32,33)/t23-,24?/m0/s1. The maximum absolute atomic E-state index is 12.5. The van der Waals surface area contributed by atoms with Crippen LogP contribution in [0.25, 0.3) is 11.1 Å². The van der Waals surface area contributed by atoms with Crippen LogP contribution in [0.3, 0.4) is 0 Å². The molecule has 6 nitrogen and oxygen atoms in total. The Morgan fingerprint density at radius 3 is 2.58 bits per heavy atom. The minimum atomic E-state index is -0.874. The summed E-state index contributed by atoms with van der Waals surface area (Å²) in [7, 11) is 0. The van der Waals surface area contributed by atoms with Crippen LogP contribution in [0.15, 0.2) is 65.8 Å². The Balaban J connectivity index is 1.60. The van der Waals surface area contributed by atoms with Crippen LogP contribution in [0.1, 0.15) is 54.5 Å². The van der Waals surface area contributed by atoms with Gasteiger partial charge in [-0.3, -0.25) is 14.6 Å². The molecule has 0 bridgehead atoms. The second kappa shape index (κ2) is 10.1. The number of pyridine rings is 2. The van der Waals surface area contributed by atoms with Gasteiger partial charge in [-0.1, -0.05) is 37.1 Å². The van der Waals surface area contributed by atoms with Crippen LogP contribution in [0.2, 0.25) is 0 Å². The van der Waals surface area contributed by atoms with E-state index in [1.807, 2.05) is 30.6 Å². The van der Waals surface area contributed by atoms with Crippen molar-refractivity contribution >= 4 is 5.97 Å². The van der Waals surface area contributed by atoms with Gasteiger partial charge in [-0.05, 0) is 60.6 Å². The Hall–Kier alpha value is -3.25. The number of aryl methyl sites for hydroxylation is 2. The number of benzene rings is 1. The summed E-state index contributed by atoms with van der Waals surface area (Å²) in [5, 5.41) is 13.0. The van der Waals surface area contributed by atoms with Gasteiger partial charge in [-0.15, -0.1) is 0 Å². The molecule has 172 valence electrons. The van der Waals surface area contributed by atoms with Gasteiger partial charge in [0, 0.05) is 48.8 Å². The summed E-state index contributed by atoms with van der Waals surface area (Å²) < 4.78 is 1.77. The summed E-state index contributed by atoms with van der Waals surface area (Å²) in [5.74, 6) is -0.239. The minimum absolute atomic E-state index is 0.0164. The summed E-state index contributed by atoms with van der Waals surface area (Å²) in [5.41, 5.74) is 5.23. The van der Waals surface area contributed by atoms with Crippen molar-refractivity contribution in [2.45, 2.75) is 51.6 Å². The molecule has 6 heteroatoms. The number of carboxylic acid groups (broad SMARTS) is 1. The molecule has 0 spiro atoms. The van der Waals surface area contributed by atoms with Crippen LogP contribution >= 0.6 is 0 Å². The molecule has 1 aliphatic carbocycles. The number of carboxylic acids is 1. The van der Waals surface area contributed by atoms with E-state index >= 15 is 0 Å². The first-order valence-electron chi connectivity index (χ1n) is 11.6. The van der Waals surface area contributed by atoms with Gasteiger partial charge in [0.15, 0.2) is 0 Å². The van der Waals surface area contributed by atoms with E-state index in [-0.39, 0.29) is 18.0 Å². The summed E-state index contributed by atoms with van der Waals surface area (Å²) in [6.07, 6.45) is 8.64. The molecule has 1 aliphatic rings. The molecule has 3 aromatic rings. The lowest BCUT2D eigenvalue weighted by Gasteiger charge is -2.24. The van der Waals surface area contributed by atoms with Crippen molar-refractivity contribution < 1.29 is 9.90 Å². The summed E-state index contributed by atoms with van der Waals surface area (Å²) in [4.78, 5) is 28.6. The molecule has 0 saturated heterocycles. The van der Waals surface area contributed by atoms with E-state index in [0.717, 1.165) is 34.2 Å². The van der Waals surface area contributed by atoms with Gasteiger partial charge in [0.2, 0.25) is 0 Å². The number of aliphatic carboxylic acids is 1. The third kappa shape index (κ3) is 5.76. The third-order valence-electron chi connectivity index (χ3n) is 6.46. The van der Waals surface area contributed by atoms with Crippen molar-refractivity contribution in [3.63, 3.8) is 0 Å². The van der Waals surface area contributed by atoms with Crippen molar-refractivity contribution in [1.82, 2.24) is 14.9 Å². The average molecular weight is 446 g/mol. The number of carbonyl (C=O) groups is 1. The van der Waals surface area contributed by atoms with Crippen molar-refractivity contribution in [2.24, 2.45) is 5.92 Å². The maximum Gasteiger partial charge on any atom is 0.305 e. The maximum atomic E-state index is 12.5. The molecular formula is C27H31N3O3. The average Bonchev–Trinajstić information content (AvgIpc) is 3.60. The molecule has 2 aromatic heterocycles. The highest BCUT2D eigenvalue weighted by molar-refractivity contribution is 5.71. The highest BCUT2D eigenvalue weighted by Crippen LogP contribution is 2.36. The zero-order valence-electron chi connectivity index (χ0n) is 19.2. The highest BCUT2D eigenvalue weighted by atomic mass is 16.4. The van der Waals surface area contributed by atoms with Crippen molar-refractivity contribution in [3.8, 4) is 11.1 Å². The first kappa shape index (κ1) is 22.9. The van der Waals surface area contributed by atoms with E-state index in [2.05, 4.69) is 36.3 Å². The molecule has 1 unspecified atom stereocenters. The third-order valence-corrected chi connectivity index (χ3v) is 6.46. The van der Waals surface area contributed by atoms with Crippen LogP contribution in [0, 0.1) is 19.8 Å². The van der Waals surface area contributed by atoms with Gasteiger partial charge in [0.25, 0.3) is 5.56 Å². The smallest absolute Gasteiger partial charge is 0.305 e.